The van der Waals surface area contributed by atoms with E-state index < -0.39 is 14.3 Å². The topological polar surface area (TPSA) is 112 Å². The number of carbonyl (C=O) groups is 1. The zero-order chi connectivity index (χ0) is 19.0. The summed E-state index contributed by atoms with van der Waals surface area (Å²) in [7, 11) is -1.94. The van der Waals surface area contributed by atoms with Crippen LogP contribution < -0.4 is 11.5 Å². The van der Waals surface area contributed by atoms with Gasteiger partial charge in [0.15, 0.2) is 8.32 Å². The molecule has 0 spiro atoms. The predicted molar refractivity (Wildman–Crippen MR) is 102 cm³/mol. The molecule has 5 N–H and O–H groups in total. The number of anilines is 2. The van der Waals surface area contributed by atoms with Crippen LogP contribution in [-0.4, -0.2) is 19.4 Å². The van der Waals surface area contributed by atoms with Gasteiger partial charge >= 0.3 is 5.97 Å². The molecule has 136 valence electrons. The SMILES string of the molecule is CC(C)(C)[Si](C)(C)OCc1occc1-c1ccc(N)c(C(=O)O)c1N. The molecule has 0 radical (unpaired) electrons. The first-order chi connectivity index (χ1) is 11.5. The van der Waals surface area contributed by atoms with E-state index in [4.69, 9.17) is 20.3 Å². The molecule has 0 bridgehead atoms. The highest BCUT2D eigenvalue weighted by Gasteiger charge is 2.37. The van der Waals surface area contributed by atoms with Crippen LogP contribution in [0.5, 0.6) is 0 Å². The van der Waals surface area contributed by atoms with Crippen LogP contribution in [-0.2, 0) is 11.0 Å². The minimum Gasteiger partial charge on any atom is -0.478 e. The van der Waals surface area contributed by atoms with Gasteiger partial charge in [-0.15, -0.1) is 0 Å². The van der Waals surface area contributed by atoms with Crippen molar-refractivity contribution >= 4 is 25.7 Å². The van der Waals surface area contributed by atoms with Gasteiger partial charge in [-0.05, 0) is 30.3 Å². The van der Waals surface area contributed by atoms with Crippen LogP contribution in [0.1, 0.15) is 36.9 Å². The molecule has 0 saturated heterocycles. The number of carboxylic acids is 1. The number of hydrogen-bond donors (Lipinski definition) is 3. The molecule has 6 nitrogen and oxygen atoms in total. The Balaban J connectivity index is 2.38. The molecule has 0 saturated carbocycles. The van der Waals surface area contributed by atoms with Crippen LogP contribution in [0.25, 0.3) is 11.1 Å². The number of nitrogens with two attached hydrogens (primary N) is 2. The maximum absolute atomic E-state index is 11.4. The smallest absolute Gasteiger partial charge is 0.339 e. The van der Waals surface area contributed by atoms with Crippen LogP contribution in [0, 0.1) is 0 Å². The fourth-order valence-corrected chi connectivity index (χ4v) is 3.19. The van der Waals surface area contributed by atoms with Crippen molar-refractivity contribution in [2.24, 2.45) is 0 Å². The third kappa shape index (κ3) is 3.72. The van der Waals surface area contributed by atoms with E-state index in [2.05, 4.69) is 33.9 Å². The first-order valence-corrected chi connectivity index (χ1v) is 11.0. The van der Waals surface area contributed by atoms with Crippen molar-refractivity contribution in [3.63, 3.8) is 0 Å². The number of furan rings is 1. The lowest BCUT2D eigenvalue weighted by Gasteiger charge is -2.35. The van der Waals surface area contributed by atoms with Crippen molar-refractivity contribution in [1.29, 1.82) is 0 Å². The molecule has 0 unspecified atom stereocenters. The van der Waals surface area contributed by atoms with E-state index in [9.17, 15) is 9.90 Å². The molecule has 0 aliphatic heterocycles. The number of aromatic carboxylic acids is 1. The highest BCUT2D eigenvalue weighted by atomic mass is 28.4. The van der Waals surface area contributed by atoms with Crippen LogP contribution >= 0.6 is 0 Å². The summed E-state index contributed by atoms with van der Waals surface area (Å²) < 4.78 is 11.8. The molecule has 0 fully saturated rings. The monoisotopic (exact) mass is 362 g/mol. The molecule has 7 heteroatoms. The summed E-state index contributed by atoms with van der Waals surface area (Å²) in [5, 5.41) is 9.41. The second-order valence-electron chi connectivity index (χ2n) is 7.60. The normalized spacial score (nSPS) is 12.4. The molecule has 2 aromatic rings. The molecular formula is C18H26N2O4Si. The van der Waals surface area contributed by atoms with Crippen molar-refractivity contribution in [2.45, 2.75) is 45.5 Å². The van der Waals surface area contributed by atoms with Crippen LogP contribution in [0.4, 0.5) is 11.4 Å². The highest BCUT2D eigenvalue weighted by molar-refractivity contribution is 6.74. The maximum atomic E-state index is 11.4. The Labute approximate surface area is 148 Å². The third-order valence-corrected chi connectivity index (χ3v) is 9.38. The molecule has 1 aromatic carbocycles. The first-order valence-electron chi connectivity index (χ1n) is 8.07. The Morgan fingerprint density at radius 3 is 2.40 bits per heavy atom. The summed E-state index contributed by atoms with van der Waals surface area (Å²) in [5.74, 6) is -0.531. The number of nitrogen functional groups attached to an aromatic ring is 2. The summed E-state index contributed by atoms with van der Waals surface area (Å²) >= 11 is 0. The molecule has 0 amide bonds. The minimum atomic E-state index is -1.94. The lowest BCUT2D eigenvalue weighted by atomic mass is 9.99. The number of rotatable bonds is 5. The largest absolute Gasteiger partial charge is 0.478 e. The fraction of sp³-hybridized carbons (Fsp3) is 0.389. The summed E-state index contributed by atoms with van der Waals surface area (Å²) in [6, 6.07) is 5.01. The van der Waals surface area contributed by atoms with Gasteiger partial charge in [0.2, 0.25) is 0 Å². The van der Waals surface area contributed by atoms with Gasteiger partial charge in [0.1, 0.15) is 11.3 Å². The van der Waals surface area contributed by atoms with E-state index in [1.807, 2.05) is 0 Å². The summed E-state index contributed by atoms with van der Waals surface area (Å²) in [4.78, 5) is 11.4. The summed E-state index contributed by atoms with van der Waals surface area (Å²) in [6.45, 7) is 11.1. The van der Waals surface area contributed by atoms with Gasteiger partial charge < -0.3 is 25.4 Å². The maximum Gasteiger partial charge on any atom is 0.339 e. The van der Waals surface area contributed by atoms with E-state index in [1.54, 1.807) is 24.5 Å². The van der Waals surface area contributed by atoms with Crippen molar-refractivity contribution in [3.8, 4) is 11.1 Å². The lowest BCUT2D eigenvalue weighted by Crippen LogP contribution is -2.40. The van der Waals surface area contributed by atoms with Gasteiger partial charge in [0.25, 0.3) is 0 Å². The van der Waals surface area contributed by atoms with E-state index in [1.165, 1.54) is 0 Å². The van der Waals surface area contributed by atoms with E-state index in [-0.39, 0.29) is 22.0 Å². The number of benzene rings is 1. The van der Waals surface area contributed by atoms with Crippen LogP contribution in [0.15, 0.2) is 28.9 Å². The fourth-order valence-electron chi connectivity index (χ4n) is 2.26. The van der Waals surface area contributed by atoms with Crippen molar-refractivity contribution < 1.29 is 18.7 Å². The van der Waals surface area contributed by atoms with Crippen LogP contribution in [0.2, 0.25) is 18.1 Å². The Morgan fingerprint density at radius 1 is 1.20 bits per heavy atom. The van der Waals surface area contributed by atoms with Gasteiger partial charge in [0.05, 0.1) is 18.6 Å². The van der Waals surface area contributed by atoms with Crippen LogP contribution in [0.3, 0.4) is 0 Å². The second kappa shape index (κ2) is 6.57. The number of hydrogen-bond acceptors (Lipinski definition) is 5. The van der Waals surface area contributed by atoms with Crippen molar-refractivity contribution in [3.05, 3.63) is 35.8 Å². The van der Waals surface area contributed by atoms with E-state index in [0.29, 0.717) is 17.9 Å². The quantitative estimate of drug-likeness (QED) is 0.539. The van der Waals surface area contributed by atoms with Gasteiger partial charge in [0, 0.05) is 16.8 Å². The third-order valence-electron chi connectivity index (χ3n) is 4.90. The van der Waals surface area contributed by atoms with E-state index >= 15 is 0 Å². The van der Waals surface area contributed by atoms with Crippen molar-refractivity contribution in [1.82, 2.24) is 0 Å². The van der Waals surface area contributed by atoms with Gasteiger partial charge in [-0.3, -0.25) is 0 Å². The molecule has 0 aliphatic carbocycles. The minimum absolute atomic E-state index is 0.0798. The lowest BCUT2D eigenvalue weighted by molar-refractivity contribution is 0.0699. The average Bonchev–Trinajstić information content (AvgIpc) is 2.92. The molecule has 1 aromatic heterocycles. The Bertz CT molecular complexity index is 791. The summed E-state index contributed by atoms with van der Waals surface area (Å²) in [5.41, 5.74) is 13.3. The average molecular weight is 363 g/mol. The number of carboxylic acid groups (broad SMARTS) is 1. The first kappa shape index (κ1) is 19.1. The Morgan fingerprint density at radius 2 is 1.84 bits per heavy atom. The molecule has 1 heterocycles. The van der Waals surface area contributed by atoms with Gasteiger partial charge in [-0.25, -0.2) is 4.79 Å². The zero-order valence-electron chi connectivity index (χ0n) is 15.3. The molecule has 2 rings (SSSR count). The second-order valence-corrected chi connectivity index (χ2v) is 12.4. The molecule has 25 heavy (non-hydrogen) atoms. The van der Waals surface area contributed by atoms with Crippen molar-refractivity contribution in [2.75, 3.05) is 11.5 Å². The molecule has 0 atom stereocenters. The Kier molecular flexibility index (Phi) is 5.01. The standard InChI is InChI=1S/C18H26N2O4Si/c1-18(2,3)25(4,5)24-10-14-11(8-9-23-14)12-6-7-13(19)15(16(12)20)17(21)22/h6-9H,10,19-20H2,1-5H3,(H,21,22). The molecule has 0 aliphatic rings. The highest BCUT2D eigenvalue weighted by Crippen LogP contribution is 2.39. The van der Waals surface area contributed by atoms with Gasteiger partial charge in [-0.2, -0.15) is 0 Å². The Hall–Kier alpha value is -2.25. The zero-order valence-corrected chi connectivity index (χ0v) is 16.3. The summed E-state index contributed by atoms with van der Waals surface area (Å²) in [6.07, 6.45) is 1.55. The predicted octanol–water partition coefficient (Wildman–Crippen LogP) is 4.33. The molecular weight excluding hydrogens is 336 g/mol. The van der Waals surface area contributed by atoms with Gasteiger partial charge in [-0.1, -0.05) is 26.8 Å². The van der Waals surface area contributed by atoms with E-state index in [0.717, 1.165) is 5.56 Å².